The van der Waals surface area contributed by atoms with Crippen LogP contribution < -0.4 is 10.6 Å². The summed E-state index contributed by atoms with van der Waals surface area (Å²) in [4.78, 5) is 24.9. The number of aliphatic carboxylic acids is 1. The SMILES string of the molecule is O=C(NCCN1CCCC1)NC1CCC(C(=O)O)CC1. The Kier molecular flexibility index (Phi) is 5.64. The minimum Gasteiger partial charge on any atom is -0.481 e. The van der Waals surface area contributed by atoms with E-state index in [0.717, 1.165) is 32.5 Å². The van der Waals surface area contributed by atoms with Gasteiger partial charge in [-0.3, -0.25) is 4.79 Å². The van der Waals surface area contributed by atoms with Gasteiger partial charge in [-0.15, -0.1) is 0 Å². The lowest BCUT2D eigenvalue weighted by atomic mass is 9.86. The normalized spacial score (nSPS) is 27.2. The van der Waals surface area contributed by atoms with E-state index in [2.05, 4.69) is 15.5 Å². The van der Waals surface area contributed by atoms with Gasteiger partial charge in [0.1, 0.15) is 0 Å². The summed E-state index contributed by atoms with van der Waals surface area (Å²) in [5.74, 6) is -0.940. The van der Waals surface area contributed by atoms with Crippen LogP contribution >= 0.6 is 0 Å². The molecular formula is C14H25N3O3. The lowest BCUT2D eigenvalue weighted by Gasteiger charge is -2.27. The van der Waals surface area contributed by atoms with Crippen LogP contribution in [0.2, 0.25) is 0 Å². The summed E-state index contributed by atoms with van der Waals surface area (Å²) in [6, 6.07) is 0.000332. The molecule has 0 aromatic heterocycles. The van der Waals surface area contributed by atoms with Gasteiger partial charge in [-0.05, 0) is 51.6 Å². The Morgan fingerprint density at radius 2 is 1.75 bits per heavy atom. The van der Waals surface area contributed by atoms with Crippen LogP contribution in [0.4, 0.5) is 4.79 Å². The van der Waals surface area contributed by atoms with Crippen molar-refractivity contribution in [2.45, 2.75) is 44.6 Å². The summed E-state index contributed by atoms with van der Waals surface area (Å²) < 4.78 is 0. The Morgan fingerprint density at radius 3 is 2.35 bits per heavy atom. The average molecular weight is 283 g/mol. The van der Waals surface area contributed by atoms with Crippen molar-refractivity contribution in [3.8, 4) is 0 Å². The van der Waals surface area contributed by atoms with Crippen LogP contribution in [0.5, 0.6) is 0 Å². The fraction of sp³-hybridized carbons (Fsp3) is 0.857. The molecular weight excluding hydrogens is 258 g/mol. The smallest absolute Gasteiger partial charge is 0.315 e. The zero-order chi connectivity index (χ0) is 14.4. The maximum Gasteiger partial charge on any atom is 0.315 e. The molecule has 0 aromatic carbocycles. The average Bonchev–Trinajstić information content (AvgIpc) is 2.92. The van der Waals surface area contributed by atoms with Gasteiger partial charge in [0.25, 0.3) is 0 Å². The standard InChI is InChI=1S/C14H25N3O3/c18-13(19)11-3-5-12(6-4-11)16-14(20)15-7-10-17-8-1-2-9-17/h11-12H,1-10H2,(H,18,19)(H2,15,16,20). The van der Waals surface area contributed by atoms with Crippen molar-refractivity contribution in [2.24, 2.45) is 5.92 Å². The van der Waals surface area contributed by atoms with E-state index in [9.17, 15) is 9.59 Å². The lowest BCUT2D eigenvalue weighted by Crippen LogP contribution is -2.45. The number of likely N-dealkylation sites (tertiary alicyclic amines) is 1. The third kappa shape index (κ3) is 4.67. The molecule has 1 saturated carbocycles. The molecule has 20 heavy (non-hydrogen) atoms. The van der Waals surface area contributed by atoms with E-state index < -0.39 is 5.97 Å². The molecule has 0 atom stereocenters. The summed E-state index contributed by atoms with van der Waals surface area (Å²) in [7, 11) is 0. The van der Waals surface area contributed by atoms with Crippen molar-refractivity contribution in [3.05, 3.63) is 0 Å². The number of nitrogens with one attached hydrogen (secondary N) is 2. The van der Waals surface area contributed by atoms with Crippen LogP contribution in [0.3, 0.4) is 0 Å². The van der Waals surface area contributed by atoms with E-state index in [-0.39, 0.29) is 18.0 Å². The van der Waals surface area contributed by atoms with Crippen molar-refractivity contribution in [2.75, 3.05) is 26.2 Å². The number of amides is 2. The van der Waals surface area contributed by atoms with Crippen LogP contribution in [0.1, 0.15) is 38.5 Å². The highest BCUT2D eigenvalue weighted by molar-refractivity contribution is 5.74. The molecule has 0 bridgehead atoms. The Bertz CT molecular complexity index is 335. The fourth-order valence-corrected chi connectivity index (χ4v) is 3.05. The van der Waals surface area contributed by atoms with Crippen molar-refractivity contribution in [3.63, 3.8) is 0 Å². The van der Waals surface area contributed by atoms with Gasteiger partial charge in [0.05, 0.1) is 5.92 Å². The summed E-state index contributed by atoms with van der Waals surface area (Å²) in [5.41, 5.74) is 0. The van der Waals surface area contributed by atoms with Crippen LogP contribution in [-0.4, -0.2) is 54.2 Å². The van der Waals surface area contributed by atoms with Crippen LogP contribution in [0.15, 0.2) is 0 Å². The second-order valence-corrected chi connectivity index (χ2v) is 5.84. The number of rotatable bonds is 5. The third-order valence-corrected chi connectivity index (χ3v) is 4.32. The van der Waals surface area contributed by atoms with Gasteiger partial charge in [-0.25, -0.2) is 4.79 Å². The molecule has 2 rings (SSSR count). The molecule has 1 aliphatic heterocycles. The second kappa shape index (κ2) is 7.47. The Labute approximate surface area is 119 Å². The number of nitrogens with zero attached hydrogens (tertiary/aromatic N) is 1. The van der Waals surface area contributed by atoms with Crippen molar-refractivity contribution in [1.82, 2.24) is 15.5 Å². The van der Waals surface area contributed by atoms with Gasteiger partial charge >= 0.3 is 12.0 Å². The molecule has 0 aromatic rings. The van der Waals surface area contributed by atoms with Crippen molar-refractivity contribution in [1.29, 1.82) is 0 Å². The molecule has 2 amide bonds. The molecule has 2 fully saturated rings. The van der Waals surface area contributed by atoms with Crippen LogP contribution in [0, 0.1) is 5.92 Å². The molecule has 114 valence electrons. The third-order valence-electron chi connectivity index (χ3n) is 4.32. The predicted molar refractivity (Wildman–Crippen MR) is 75.6 cm³/mol. The van der Waals surface area contributed by atoms with Crippen LogP contribution in [0.25, 0.3) is 0 Å². The summed E-state index contributed by atoms with van der Waals surface area (Å²) in [6.07, 6.45) is 5.37. The van der Waals surface area contributed by atoms with E-state index in [0.29, 0.717) is 19.4 Å². The summed E-state index contributed by atoms with van der Waals surface area (Å²) in [5, 5.41) is 14.7. The molecule has 0 spiro atoms. The van der Waals surface area contributed by atoms with Gasteiger partial charge < -0.3 is 20.6 Å². The molecule has 1 heterocycles. The highest BCUT2D eigenvalue weighted by Crippen LogP contribution is 2.24. The van der Waals surface area contributed by atoms with Crippen molar-refractivity contribution >= 4 is 12.0 Å². The quantitative estimate of drug-likeness (QED) is 0.704. The fourth-order valence-electron chi connectivity index (χ4n) is 3.05. The first-order valence-corrected chi connectivity index (χ1v) is 7.64. The molecule has 6 heteroatoms. The molecule has 0 unspecified atom stereocenters. The number of carboxylic acid groups (broad SMARTS) is 1. The maximum atomic E-state index is 11.7. The molecule has 3 N–H and O–H groups in total. The first kappa shape index (κ1) is 15.1. The number of urea groups is 1. The Balaban J connectivity index is 1.56. The van der Waals surface area contributed by atoms with Gasteiger partial charge in [0.2, 0.25) is 0 Å². The predicted octanol–water partition coefficient (Wildman–Crippen LogP) is 1.02. The second-order valence-electron chi connectivity index (χ2n) is 5.84. The zero-order valence-corrected chi connectivity index (χ0v) is 11.9. The largest absolute Gasteiger partial charge is 0.481 e. The summed E-state index contributed by atoms with van der Waals surface area (Å²) in [6.45, 7) is 3.88. The molecule has 1 aliphatic carbocycles. The monoisotopic (exact) mass is 283 g/mol. The lowest BCUT2D eigenvalue weighted by molar-refractivity contribution is -0.142. The zero-order valence-electron chi connectivity index (χ0n) is 11.9. The molecule has 2 aliphatic rings. The number of carboxylic acids is 1. The van der Waals surface area contributed by atoms with Gasteiger partial charge in [0, 0.05) is 19.1 Å². The highest BCUT2D eigenvalue weighted by Gasteiger charge is 2.26. The molecule has 6 nitrogen and oxygen atoms in total. The molecule has 1 saturated heterocycles. The number of hydrogen-bond acceptors (Lipinski definition) is 3. The van der Waals surface area contributed by atoms with E-state index in [1.54, 1.807) is 0 Å². The van der Waals surface area contributed by atoms with Gasteiger partial charge in [0.15, 0.2) is 0 Å². The topological polar surface area (TPSA) is 81.7 Å². The maximum absolute atomic E-state index is 11.7. The number of carbonyl (C=O) groups excluding carboxylic acids is 1. The number of hydrogen-bond donors (Lipinski definition) is 3. The van der Waals surface area contributed by atoms with E-state index >= 15 is 0 Å². The highest BCUT2D eigenvalue weighted by atomic mass is 16.4. The summed E-state index contributed by atoms with van der Waals surface area (Å²) >= 11 is 0. The van der Waals surface area contributed by atoms with E-state index in [1.165, 1.54) is 12.8 Å². The minimum atomic E-state index is -0.710. The first-order valence-electron chi connectivity index (χ1n) is 7.64. The van der Waals surface area contributed by atoms with Crippen LogP contribution in [-0.2, 0) is 4.79 Å². The van der Waals surface area contributed by atoms with E-state index in [4.69, 9.17) is 5.11 Å². The first-order chi connectivity index (χ1) is 9.65. The van der Waals surface area contributed by atoms with Crippen molar-refractivity contribution < 1.29 is 14.7 Å². The number of carbonyl (C=O) groups is 2. The van der Waals surface area contributed by atoms with Gasteiger partial charge in [-0.1, -0.05) is 0 Å². The Morgan fingerprint density at radius 1 is 1.10 bits per heavy atom. The Hall–Kier alpha value is -1.30. The van der Waals surface area contributed by atoms with Gasteiger partial charge in [-0.2, -0.15) is 0 Å². The van der Waals surface area contributed by atoms with E-state index in [1.807, 2.05) is 0 Å². The minimum absolute atomic E-state index is 0.122. The molecule has 0 radical (unpaired) electrons.